The normalized spacial score (nSPS) is 12.7. The summed E-state index contributed by atoms with van der Waals surface area (Å²) in [6.45, 7) is 4.87. The van der Waals surface area contributed by atoms with Crippen LogP contribution in [0.25, 0.3) is 0 Å². The van der Waals surface area contributed by atoms with Crippen LogP contribution in [0.3, 0.4) is 0 Å². The van der Waals surface area contributed by atoms with Gasteiger partial charge in [0.1, 0.15) is 5.82 Å². The van der Waals surface area contributed by atoms with Gasteiger partial charge in [-0.15, -0.1) is 0 Å². The second-order valence-corrected chi connectivity index (χ2v) is 6.06. The number of nitrogens with two attached hydrogens (primary N) is 1. The number of aromatic nitrogens is 2. The zero-order valence-corrected chi connectivity index (χ0v) is 14.4. The SMILES string of the molecule is CCc1nn(CC)c(CC(N)c2ccc(Cl)c(F)c2)c1Br. The lowest BCUT2D eigenvalue weighted by Crippen LogP contribution is -2.16. The van der Waals surface area contributed by atoms with Crippen LogP contribution in [0.1, 0.15) is 36.8 Å². The summed E-state index contributed by atoms with van der Waals surface area (Å²) in [6, 6.07) is 4.39. The van der Waals surface area contributed by atoms with E-state index in [1.54, 1.807) is 6.07 Å². The van der Waals surface area contributed by atoms with E-state index in [2.05, 4.69) is 28.0 Å². The van der Waals surface area contributed by atoms with Gasteiger partial charge in [0.05, 0.1) is 20.9 Å². The molecule has 0 bridgehead atoms. The molecule has 0 aliphatic carbocycles. The Labute approximate surface area is 137 Å². The molecule has 1 aromatic heterocycles. The van der Waals surface area contributed by atoms with Gasteiger partial charge in [-0.2, -0.15) is 5.10 Å². The maximum absolute atomic E-state index is 13.5. The third-order valence-corrected chi connectivity index (χ3v) is 4.70. The highest BCUT2D eigenvalue weighted by molar-refractivity contribution is 9.10. The van der Waals surface area contributed by atoms with E-state index >= 15 is 0 Å². The number of hydrogen-bond donors (Lipinski definition) is 1. The fourth-order valence-electron chi connectivity index (χ4n) is 2.28. The van der Waals surface area contributed by atoms with Crippen molar-refractivity contribution in [1.29, 1.82) is 0 Å². The Morgan fingerprint density at radius 2 is 2.14 bits per heavy atom. The summed E-state index contributed by atoms with van der Waals surface area (Å²) in [5.74, 6) is -0.443. The third kappa shape index (κ3) is 3.47. The lowest BCUT2D eigenvalue weighted by atomic mass is 10.0. The summed E-state index contributed by atoms with van der Waals surface area (Å²) in [6.07, 6.45) is 1.44. The predicted molar refractivity (Wildman–Crippen MR) is 87.0 cm³/mol. The van der Waals surface area contributed by atoms with Crippen LogP contribution in [-0.2, 0) is 19.4 Å². The Bertz CT molecular complexity index is 642. The average molecular weight is 375 g/mol. The van der Waals surface area contributed by atoms with E-state index in [1.807, 2.05) is 11.6 Å². The van der Waals surface area contributed by atoms with E-state index in [0.717, 1.165) is 34.4 Å². The van der Waals surface area contributed by atoms with Crippen molar-refractivity contribution in [1.82, 2.24) is 9.78 Å². The molecule has 0 aliphatic heterocycles. The Morgan fingerprint density at radius 1 is 1.43 bits per heavy atom. The second-order valence-electron chi connectivity index (χ2n) is 4.86. The molecule has 114 valence electrons. The first-order valence-electron chi connectivity index (χ1n) is 6.92. The predicted octanol–water partition coefficient (Wildman–Crippen LogP) is 4.26. The Hall–Kier alpha value is -0.910. The molecule has 2 rings (SSSR count). The maximum Gasteiger partial charge on any atom is 0.142 e. The molecule has 1 heterocycles. The molecule has 0 saturated heterocycles. The van der Waals surface area contributed by atoms with Gasteiger partial charge < -0.3 is 5.73 Å². The molecule has 0 spiro atoms. The first kappa shape index (κ1) is 16.5. The second kappa shape index (κ2) is 6.90. The molecule has 3 nitrogen and oxygen atoms in total. The summed E-state index contributed by atoms with van der Waals surface area (Å²) in [5.41, 5.74) is 9.00. The summed E-state index contributed by atoms with van der Waals surface area (Å²) < 4.78 is 16.5. The minimum absolute atomic E-state index is 0.110. The Morgan fingerprint density at radius 3 is 2.71 bits per heavy atom. The first-order chi connectivity index (χ1) is 9.97. The fraction of sp³-hybridized carbons (Fsp3) is 0.400. The molecular weight excluding hydrogens is 357 g/mol. The van der Waals surface area contributed by atoms with Crippen LogP contribution in [-0.4, -0.2) is 9.78 Å². The maximum atomic E-state index is 13.5. The van der Waals surface area contributed by atoms with Crippen LogP contribution in [0.2, 0.25) is 5.02 Å². The molecule has 2 aromatic rings. The molecule has 1 aromatic carbocycles. The summed E-state index contributed by atoms with van der Waals surface area (Å²) in [5, 5.41) is 4.65. The van der Waals surface area contributed by atoms with Crippen LogP contribution in [0.15, 0.2) is 22.7 Å². The lowest BCUT2D eigenvalue weighted by molar-refractivity contribution is 0.580. The summed E-state index contributed by atoms with van der Waals surface area (Å²) in [7, 11) is 0. The molecule has 0 saturated carbocycles. The highest BCUT2D eigenvalue weighted by Gasteiger charge is 2.18. The van der Waals surface area contributed by atoms with Gasteiger partial charge in [0.2, 0.25) is 0 Å². The summed E-state index contributed by atoms with van der Waals surface area (Å²) in [4.78, 5) is 0. The molecule has 1 unspecified atom stereocenters. The van der Waals surface area contributed by atoms with E-state index in [4.69, 9.17) is 17.3 Å². The van der Waals surface area contributed by atoms with Crippen molar-refractivity contribution in [2.24, 2.45) is 5.73 Å². The van der Waals surface area contributed by atoms with E-state index < -0.39 is 5.82 Å². The van der Waals surface area contributed by atoms with Crippen LogP contribution >= 0.6 is 27.5 Å². The number of nitrogens with zero attached hydrogens (tertiary/aromatic N) is 2. The minimum atomic E-state index is -0.443. The molecular formula is C15H18BrClFN3. The Balaban J connectivity index is 2.28. The lowest BCUT2D eigenvalue weighted by Gasteiger charge is -2.14. The fourth-order valence-corrected chi connectivity index (χ4v) is 3.13. The number of benzene rings is 1. The number of halogens is 3. The average Bonchev–Trinajstić information content (AvgIpc) is 2.78. The molecule has 6 heteroatoms. The minimum Gasteiger partial charge on any atom is -0.324 e. The van der Waals surface area contributed by atoms with Gasteiger partial charge in [-0.05, 0) is 47.0 Å². The topological polar surface area (TPSA) is 43.8 Å². The molecule has 0 radical (unpaired) electrons. The van der Waals surface area contributed by atoms with Crippen molar-refractivity contribution < 1.29 is 4.39 Å². The van der Waals surface area contributed by atoms with Gasteiger partial charge in [0, 0.05) is 19.0 Å². The van der Waals surface area contributed by atoms with Crippen LogP contribution in [0.4, 0.5) is 4.39 Å². The van der Waals surface area contributed by atoms with Crippen molar-refractivity contribution in [3.8, 4) is 0 Å². The first-order valence-corrected chi connectivity index (χ1v) is 8.09. The highest BCUT2D eigenvalue weighted by atomic mass is 79.9. The molecule has 0 fully saturated rings. The number of rotatable bonds is 5. The third-order valence-electron chi connectivity index (χ3n) is 3.48. The quantitative estimate of drug-likeness (QED) is 0.849. The van der Waals surface area contributed by atoms with Gasteiger partial charge in [-0.3, -0.25) is 4.68 Å². The van der Waals surface area contributed by atoms with Gasteiger partial charge in [-0.1, -0.05) is 24.6 Å². The van der Waals surface area contributed by atoms with E-state index in [1.165, 1.54) is 12.1 Å². The molecule has 0 aliphatic rings. The Kier molecular flexibility index (Phi) is 5.41. The van der Waals surface area contributed by atoms with Crippen LogP contribution < -0.4 is 5.73 Å². The van der Waals surface area contributed by atoms with Crippen molar-refractivity contribution >= 4 is 27.5 Å². The largest absolute Gasteiger partial charge is 0.324 e. The molecule has 0 amide bonds. The van der Waals surface area contributed by atoms with Gasteiger partial charge in [0.15, 0.2) is 0 Å². The molecule has 1 atom stereocenters. The van der Waals surface area contributed by atoms with Crippen LogP contribution in [0.5, 0.6) is 0 Å². The van der Waals surface area contributed by atoms with Gasteiger partial charge >= 0.3 is 0 Å². The van der Waals surface area contributed by atoms with Gasteiger partial charge in [-0.25, -0.2) is 4.39 Å². The van der Waals surface area contributed by atoms with Crippen molar-refractivity contribution in [2.45, 2.75) is 39.3 Å². The molecule has 2 N–H and O–H groups in total. The smallest absolute Gasteiger partial charge is 0.142 e. The monoisotopic (exact) mass is 373 g/mol. The van der Waals surface area contributed by atoms with Crippen LogP contribution in [0, 0.1) is 5.82 Å². The zero-order chi connectivity index (χ0) is 15.6. The zero-order valence-electron chi connectivity index (χ0n) is 12.0. The standard InChI is InChI=1S/C15H18BrClFN3/c1-3-13-15(16)14(21(4-2)20-13)8-12(19)9-5-6-10(17)11(18)7-9/h5-7,12H,3-4,8,19H2,1-2H3. The van der Waals surface area contributed by atoms with Crippen molar-refractivity contribution in [2.75, 3.05) is 0 Å². The molecule has 21 heavy (non-hydrogen) atoms. The highest BCUT2D eigenvalue weighted by Crippen LogP contribution is 2.27. The summed E-state index contributed by atoms with van der Waals surface area (Å²) >= 11 is 9.30. The van der Waals surface area contributed by atoms with E-state index in [-0.39, 0.29) is 11.1 Å². The van der Waals surface area contributed by atoms with Gasteiger partial charge in [0.25, 0.3) is 0 Å². The number of hydrogen-bond acceptors (Lipinski definition) is 2. The number of aryl methyl sites for hydroxylation is 2. The van der Waals surface area contributed by atoms with E-state index in [9.17, 15) is 4.39 Å². The van der Waals surface area contributed by atoms with Crippen molar-refractivity contribution in [3.63, 3.8) is 0 Å². The van der Waals surface area contributed by atoms with E-state index in [0.29, 0.717) is 6.42 Å². The van der Waals surface area contributed by atoms with Crippen molar-refractivity contribution in [3.05, 3.63) is 50.5 Å².